The highest BCUT2D eigenvalue weighted by Gasteiger charge is 2.61. The van der Waals surface area contributed by atoms with Crippen molar-refractivity contribution in [3.63, 3.8) is 0 Å². The van der Waals surface area contributed by atoms with Crippen LogP contribution in [0.4, 0.5) is 4.79 Å². The first-order valence-electron chi connectivity index (χ1n) is 6.41. The van der Waals surface area contributed by atoms with Crippen LogP contribution in [0.2, 0.25) is 0 Å². The Morgan fingerprint density at radius 3 is 2.72 bits per heavy atom. The average molecular weight is 246 g/mol. The summed E-state index contributed by atoms with van der Waals surface area (Å²) in [5.74, 6) is 0. The lowest BCUT2D eigenvalue weighted by molar-refractivity contribution is 0.133. The molecule has 0 aliphatic heterocycles. The molecule has 0 saturated heterocycles. The Bertz CT molecular complexity index is 440. The first-order chi connectivity index (χ1) is 8.68. The van der Waals surface area contributed by atoms with Crippen molar-refractivity contribution in [2.24, 2.45) is 11.1 Å². The van der Waals surface area contributed by atoms with E-state index in [9.17, 15) is 4.79 Å². The molecule has 2 aliphatic rings. The number of amides is 1. The molecule has 0 aromatic heterocycles. The maximum atomic E-state index is 11.6. The SMILES string of the molecule is NC1CC2(C1)C[C@H]2NC(=O)OCc1ccccc1. The Hall–Kier alpha value is -1.55. The van der Waals surface area contributed by atoms with Crippen LogP contribution >= 0.6 is 0 Å². The second-order valence-electron chi connectivity index (χ2n) is 5.49. The summed E-state index contributed by atoms with van der Waals surface area (Å²) in [6.07, 6.45) is 2.82. The molecule has 3 N–H and O–H groups in total. The lowest BCUT2D eigenvalue weighted by Gasteiger charge is -2.33. The van der Waals surface area contributed by atoms with Gasteiger partial charge in [0.05, 0.1) is 0 Å². The third kappa shape index (κ3) is 2.20. The molecule has 4 nitrogen and oxygen atoms in total. The normalized spacial score (nSPS) is 32.7. The lowest BCUT2D eigenvalue weighted by Crippen LogP contribution is -2.43. The second kappa shape index (κ2) is 4.28. The van der Waals surface area contributed by atoms with E-state index in [1.807, 2.05) is 30.3 Å². The highest BCUT2D eigenvalue weighted by molar-refractivity contribution is 5.68. The van der Waals surface area contributed by atoms with E-state index in [-0.39, 0.29) is 12.1 Å². The van der Waals surface area contributed by atoms with Gasteiger partial charge in [-0.3, -0.25) is 0 Å². The van der Waals surface area contributed by atoms with E-state index in [4.69, 9.17) is 10.5 Å². The van der Waals surface area contributed by atoms with Gasteiger partial charge in [0.1, 0.15) is 6.61 Å². The number of hydrogen-bond acceptors (Lipinski definition) is 3. The van der Waals surface area contributed by atoms with Crippen molar-refractivity contribution in [1.82, 2.24) is 5.32 Å². The number of nitrogens with one attached hydrogen (secondary N) is 1. The maximum absolute atomic E-state index is 11.6. The third-order valence-corrected chi connectivity index (χ3v) is 4.03. The van der Waals surface area contributed by atoms with Crippen LogP contribution in [-0.2, 0) is 11.3 Å². The topological polar surface area (TPSA) is 64.3 Å². The minimum absolute atomic E-state index is 0.278. The van der Waals surface area contributed by atoms with E-state index in [1.165, 1.54) is 0 Å². The molecule has 0 unspecified atom stereocenters. The highest BCUT2D eigenvalue weighted by Crippen LogP contribution is 2.60. The molecule has 18 heavy (non-hydrogen) atoms. The summed E-state index contributed by atoms with van der Waals surface area (Å²) in [7, 11) is 0. The fraction of sp³-hybridized carbons (Fsp3) is 0.500. The van der Waals surface area contributed by atoms with E-state index in [0.717, 1.165) is 24.8 Å². The standard InChI is InChI=1S/C14H18N2O2/c15-11-6-14(7-11)8-12(14)16-13(17)18-9-10-4-2-1-3-5-10/h1-5,11-12H,6-9,15H2,(H,16,17)/t11?,12-,14?/m1/s1. The molecule has 3 rings (SSSR count). The molecule has 1 aromatic carbocycles. The van der Waals surface area contributed by atoms with Crippen molar-refractivity contribution in [3.8, 4) is 0 Å². The van der Waals surface area contributed by atoms with Crippen LogP contribution < -0.4 is 11.1 Å². The maximum Gasteiger partial charge on any atom is 0.407 e. The predicted octanol–water partition coefficient (Wildman–Crippen LogP) is 1.79. The Morgan fingerprint density at radius 1 is 1.33 bits per heavy atom. The van der Waals surface area contributed by atoms with Crippen LogP contribution in [0.5, 0.6) is 0 Å². The van der Waals surface area contributed by atoms with Gasteiger partial charge in [-0.05, 0) is 30.2 Å². The molecular formula is C14H18N2O2. The van der Waals surface area contributed by atoms with Crippen molar-refractivity contribution in [1.29, 1.82) is 0 Å². The van der Waals surface area contributed by atoms with E-state index in [0.29, 0.717) is 18.1 Å². The Labute approximate surface area is 107 Å². The number of carbonyl (C=O) groups excluding carboxylic acids is 1. The van der Waals surface area contributed by atoms with Crippen LogP contribution in [0.3, 0.4) is 0 Å². The third-order valence-electron chi connectivity index (χ3n) is 4.03. The molecule has 0 radical (unpaired) electrons. The van der Waals surface area contributed by atoms with Crippen LogP contribution in [0.25, 0.3) is 0 Å². The summed E-state index contributed by atoms with van der Waals surface area (Å²) < 4.78 is 5.19. The number of carbonyl (C=O) groups is 1. The molecule has 2 aliphatic carbocycles. The van der Waals surface area contributed by atoms with Crippen molar-refractivity contribution >= 4 is 6.09 Å². The Balaban J connectivity index is 1.41. The van der Waals surface area contributed by atoms with E-state index in [1.54, 1.807) is 0 Å². The van der Waals surface area contributed by atoms with Gasteiger partial charge < -0.3 is 15.8 Å². The number of nitrogens with two attached hydrogens (primary N) is 1. The Kier molecular flexibility index (Phi) is 2.74. The minimum atomic E-state index is -0.318. The van der Waals surface area contributed by atoms with Gasteiger partial charge in [0.15, 0.2) is 0 Å². The zero-order chi connectivity index (χ0) is 12.6. The summed E-state index contributed by atoms with van der Waals surface area (Å²) in [5.41, 5.74) is 7.09. The molecular weight excluding hydrogens is 228 g/mol. The molecule has 2 saturated carbocycles. The van der Waals surface area contributed by atoms with Gasteiger partial charge in [0, 0.05) is 12.1 Å². The molecule has 0 bridgehead atoms. The summed E-state index contributed by atoms with van der Waals surface area (Å²) in [6, 6.07) is 10.3. The van der Waals surface area contributed by atoms with Crippen molar-refractivity contribution in [3.05, 3.63) is 35.9 Å². The fourth-order valence-electron chi connectivity index (χ4n) is 2.89. The largest absolute Gasteiger partial charge is 0.445 e. The van der Waals surface area contributed by atoms with Crippen LogP contribution in [-0.4, -0.2) is 18.2 Å². The van der Waals surface area contributed by atoms with Gasteiger partial charge in [-0.1, -0.05) is 30.3 Å². The summed E-state index contributed by atoms with van der Waals surface area (Å²) in [4.78, 5) is 11.6. The van der Waals surface area contributed by atoms with Crippen LogP contribution in [0.1, 0.15) is 24.8 Å². The van der Waals surface area contributed by atoms with Crippen molar-refractivity contribution < 1.29 is 9.53 Å². The molecule has 4 heteroatoms. The molecule has 96 valence electrons. The highest BCUT2D eigenvalue weighted by atomic mass is 16.5. The summed E-state index contributed by atoms with van der Waals surface area (Å²) >= 11 is 0. The molecule has 1 amide bonds. The van der Waals surface area contributed by atoms with Gasteiger partial charge in [0.25, 0.3) is 0 Å². The number of rotatable bonds is 3. The van der Waals surface area contributed by atoms with Crippen molar-refractivity contribution in [2.45, 2.75) is 38.0 Å². The zero-order valence-corrected chi connectivity index (χ0v) is 10.3. The van der Waals surface area contributed by atoms with E-state index in [2.05, 4.69) is 5.32 Å². The number of hydrogen-bond donors (Lipinski definition) is 2. The fourth-order valence-corrected chi connectivity index (χ4v) is 2.89. The van der Waals surface area contributed by atoms with E-state index >= 15 is 0 Å². The number of benzene rings is 1. The first kappa shape index (κ1) is 11.5. The second-order valence-corrected chi connectivity index (χ2v) is 5.49. The summed E-state index contributed by atoms with van der Waals surface area (Å²) in [6.45, 7) is 0.325. The first-order valence-corrected chi connectivity index (χ1v) is 6.41. The minimum Gasteiger partial charge on any atom is -0.445 e. The van der Waals surface area contributed by atoms with Gasteiger partial charge in [-0.15, -0.1) is 0 Å². The monoisotopic (exact) mass is 246 g/mol. The van der Waals surface area contributed by atoms with Gasteiger partial charge in [0.2, 0.25) is 0 Å². The summed E-state index contributed by atoms with van der Waals surface area (Å²) in [5, 5.41) is 2.92. The van der Waals surface area contributed by atoms with Crippen LogP contribution in [0, 0.1) is 5.41 Å². The van der Waals surface area contributed by atoms with Crippen LogP contribution in [0.15, 0.2) is 30.3 Å². The molecule has 1 atom stereocenters. The predicted molar refractivity (Wildman–Crippen MR) is 67.8 cm³/mol. The number of ether oxygens (including phenoxy) is 1. The van der Waals surface area contributed by atoms with Crippen molar-refractivity contribution in [2.75, 3.05) is 0 Å². The lowest BCUT2D eigenvalue weighted by atomic mass is 9.77. The van der Waals surface area contributed by atoms with E-state index < -0.39 is 0 Å². The number of alkyl carbamates (subject to hydrolysis) is 1. The molecule has 1 spiro atoms. The van der Waals surface area contributed by atoms with Gasteiger partial charge in [-0.25, -0.2) is 4.79 Å². The van der Waals surface area contributed by atoms with Gasteiger partial charge in [-0.2, -0.15) is 0 Å². The molecule has 2 fully saturated rings. The molecule has 1 aromatic rings. The quantitative estimate of drug-likeness (QED) is 0.854. The zero-order valence-electron chi connectivity index (χ0n) is 10.3. The Morgan fingerprint density at radius 2 is 2.06 bits per heavy atom. The average Bonchev–Trinajstić information content (AvgIpc) is 3.01. The van der Waals surface area contributed by atoms with Gasteiger partial charge >= 0.3 is 6.09 Å². The smallest absolute Gasteiger partial charge is 0.407 e. The molecule has 0 heterocycles.